The number of rotatable bonds is 6. The van der Waals surface area contributed by atoms with Gasteiger partial charge in [-0.2, -0.15) is 0 Å². The Balaban J connectivity index is 1.42. The number of carboxylic acid groups (broad SMARTS) is 1. The van der Waals surface area contributed by atoms with E-state index in [2.05, 4.69) is 9.80 Å². The molecule has 1 aromatic heterocycles. The summed E-state index contributed by atoms with van der Waals surface area (Å²) in [6.45, 7) is 4.62. The van der Waals surface area contributed by atoms with Crippen LogP contribution >= 0.6 is 23.2 Å². The summed E-state index contributed by atoms with van der Waals surface area (Å²) < 4.78 is 32.4. The number of benzene rings is 2. The van der Waals surface area contributed by atoms with Gasteiger partial charge < -0.3 is 19.5 Å². The summed E-state index contributed by atoms with van der Waals surface area (Å²) >= 11 is 12.9. The molecule has 1 N–H and O–H groups in total. The van der Waals surface area contributed by atoms with Gasteiger partial charge in [0, 0.05) is 61.7 Å². The van der Waals surface area contributed by atoms with Crippen molar-refractivity contribution in [3.63, 3.8) is 0 Å². The third-order valence-corrected chi connectivity index (χ3v) is 8.88. The molecule has 3 aromatic rings. The first kappa shape index (κ1) is 29.4. The molecule has 7 nitrogen and oxygen atoms in total. The molecule has 3 heterocycles. The lowest BCUT2D eigenvalue weighted by Crippen LogP contribution is -2.47. The van der Waals surface area contributed by atoms with Crippen molar-refractivity contribution < 1.29 is 18.7 Å². The van der Waals surface area contributed by atoms with Crippen molar-refractivity contribution >= 4 is 57.1 Å². The van der Waals surface area contributed by atoms with Crippen LogP contribution in [0.1, 0.15) is 29.6 Å². The van der Waals surface area contributed by atoms with Crippen molar-refractivity contribution in [3.05, 3.63) is 97.8 Å². The highest BCUT2D eigenvalue weighted by Crippen LogP contribution is 2.38. The molecule has 0 unspecified atom stereocenters. The van der Waals surface area contributed by atoms with Gasteiger partial charge in [-0.3, -0.25) is 9.69 Å². The number of anilines is 2. The highest BCUT2D eigenvalue weighted by Gasteiger charge is 2.27. The Morgan fingerprint density at radius 1 is 0.930 bits per heavy atom. The zero-order chi connectivity index (χ0) is 30.2. The maximum atomic E-state index is 15.7. The number of allylic oxidation sites excluding steroid dienone is 5. The predicted octanol–water partition coefficient (Wildman–Crippen LogP) is 6.59. The zero-order valence-electron chi connectivity index (χ0n) is 23.3. The maximum Gasteiger partial charge on any atom is 0.341 e. The lowest BCUT2D eigenvalue weighted by atomic mass is 10.1. The molecule has 3 aliphatic rings. The number of hydrogen-bond donors (Lipinski definition) is 1. The van der Waals surface area contributed by atoms with Crippen molar-refractivity contribution in [1.82, 2.24) is 9.47 Å². The number of aromatic nitrogens is 1. The van der Waals surface area contributed by atoms with Crippen molar-refractivity contribution in [2.45, 2.75) is 19.3 Å². The second-order valence-electron chi connectivity index (χ2n) is 11.1. The molecule has 2 aromatic carbocycles. The number of pyridine rings is 1. The van der Waals surface area contributed by atoms with Crippen LogP contribution in [0.2, 0.25) is 10.0 Å². The van der Waals surface area contributed by atoms with Crippen LogP contribution in [0.15, 0.2) is 71.0 Å². The first-order chi connectivity index (χ1) is 20.7. The standard InChI is InChI=1S/C32H30Cl2F2N4O3/c33-21-4-7-23(8-5-21)38-11-13-39(14-12-38)30-27(36)17-25-29(28(30)34)40(19-26(31(25)41)32(42)43)24-6-3-20(15-22(35)16-24)18-37-9-1-2-10-37/h3-8,16-17,19H,1-2,9-15,18H2,(H,42,43). The van der Waals surface area contributed by atoms with E-state index in [1.54, 1.807) is 6.08 Å². The smallest absolute Gasteiger partial charge is 0.341 e. The van der Waals surface area contributed by atoms with Gasteiger partial charge >= 0.3 is 5.97 Å². The molecule has 0 spiro atoms. The SMILES string of the molecule is O=C(O)c1cn(C2=CC=C(CN3CCCC3)CC(F)=C2)c2c(Cl)c(N3CCN(c4ccc(Cl)cc4)CC3)c(F)cc2c1=O. The van der Waals surface area contributed by atoms with Crippen LogP contribution in [-0.4, -0.2) is 66.4 Å². The van der Waals surface area contributed by atoms with Gasteiger partial charge in [0.1, 0.15) is 17.2 Å². The van der Waals surface area contributed by atoms with Gasteiger partial charge in [-0.1, -0.05) is 29.3 Å². The molecule has 11 heteroatoms. The molecule has 224 valence electrons. The van der Waals surface area contributed by atoms with Crippen LogP contribution in [0.3, 0.4) is 0 Å². The Morgan fingerprint density at radius 2 is 1.60 bits per heavy atom. The van der Waals surface area contributed by atoms with E-state index in [-0.39, 0.29) is 33.7 Å². The number of halogens is 4. The summed E-state index contributed by atoms with van der Waals surface area (Å²) in [6, 6.07) is 8.53. The van der Waals surface area contributed by atoms with Crippen LogP contribution in [0.25, 0.3) is 16.6 Å². The molecule has 2 fully saturated rings. The molecule has 0 radical (unpaired) electrons. The van der Waals surface area contributed by atoms with Gasteiger partial charge in [0.2, 0.25) is 5.43 Å². The van der Waals surface area contributed by atoms with Gasteiger partial charge in [-0.25, -0.2) is 13.6 Å². The highest BCUT2D eigenvalue weighted by atomic mass is 35.5. The molecular weight excluding hydrogens is 597 g/mol. The van der Waals surface area contributed by atoms with Gasteiger partial charge in [-0.05, 0) is 74.0 Å². The topological polar surface area (TPSA) is 69.0 Å². The van der Waals surface area contributed by atoms with Crippen LogP contribution in [0, 0.1) is 5.82 Å². The molecule has 1 aliphatic carbocycles. The van der Waals surface area contributed by atoms with E-state index in [1.807, 2.05) is 35.2 Å². The van der Waals surface area contributed by atoms with E-state index in [9.17, 15) is 14.7 Å². The first-order valence-electron chi connectivity index (χ1n) is 14.2. The highest BCUT2D eigenvalue weighted by molar-refractivity contribution is 6.38. The minimum atomic E-state index is -1.47. The third-order valence-electron chi connectivity index (χ3n) is 8.27. The van der Waals surface area contributed by atoms with E-state index in [0.29, 0.717) is 37.7 Å². The fourth-order valence-electron chi connectivity index (χ4n) is 6.12. The number of carbonyl (C=O) groups is 1. The average Bonchev–Trinajstić information content (AvgIpc) is 3.42. The molecule has 0 amide bonds. The summed E-state index contributed by atoms with van der Waals surface area (Å²) in [5.41, 5.74) is 0.981. The van der Waals surface area contributed by atoms with Crippen LogP contribution < -0.4 is 15.2 Å². The van der Waals surface area contributed by atoms with Crippen molar-refractivity contribution in [2.75, 3.05) is 55.6 Å². The fraction of sp³-hybridized carbons (Fsp3) is 0.312. The van der Waals surface area contributed by atoms with Gasteiger partial charge in [0.25, 0.3) is 0 Å². The minimum absolute atomic E-state index is 0.0378. The van der Waals surface area contributed by atoms with Gasteiger partial charge in [-0.15, -0.1) is 0 Å². The number of hydrogen-bond acceptors (Lipinski definition) is 5. The summed E-state index contributed by atoms with van der Waals surface area (Å²) in [5, 5.41) is 10.2. The number of likely N-dealkylation sites (tertiary alicyclic amines) is 1. The molecule has 6 rings (SSSR count). The van der Waals surface area contributed by atoms with Gasteiger partial charge in [0.05, 0.1) is 21.6 Å². The maximum absolute atomic E-state index is 15.7. The number of carboxylic acids is 1. The Labute approximate surface area is 257 Å². The fourth-order valence-corrected chi connectivity index (χ4v) is 6.64. The van der Waals surface area contributed by atoms with E-state index >= 15 is 8.78 Å². The summed E-state index contributed by atoms with van der Waals surface area (Å²) in [6.07, 6.45) is 8.32. The summed E-state index contributed by atoms with van der Waals surface area (Å²) in [7, 11) is 0. The third kappa shape index (κ3) is 5.94. The van der Waals surface area contributed by atoms with Crippen LogP contribution in [0.5, 0.6) is 0 Å². The zero-order valence-corrected chi connectivity index (χ0v) is 24.8. The normalized spacial score (nSPS) is 18.0. The molecule has 2 aliphatic heterocycles. The quantitative estimate of drug-likeness (QED) is 0.333. The average molecular weight is 628 g/mol. The number of aromatic carboxylic acids is 1. The molecule has 0 bridgehead atoms. The Morgan fingerprint density at radius 3 is 2.28 bits per heavy atom. The summed E-state index contributed by atoms with van der Waals surface area (Å²) in [5.74, 6) is -2.61. The second kappa shape index (κ2) is 12.1. The lowest BCUT2D eigenvalue weighted by Gasteiger charge is -2.38. The monoisotopic (exact) mass is 626 g/mol. The lowest BCUT2D eigenvalue weighted by molar-refractivity contribution is 0.0695. The van der Waals surface area contributed by atoms with Crippen LogP contribution in [-0.2, 0) is 0 Å². The Bertz CT molecular complexity index is 1740. The van der Waals surface area contributed by atoms with Gasteiger partial charge in [0.15, 0.2) is 0 Å². The van der Waals surface area contributed by atoms with E-state index in [4.69, 9.17) is 23.2 Å². The molecule has 2 saturated heterocycles. The minimum Gasteiger partial charge on any atom is -0.477 e. The van der Waals surface area contributed by atoms with Crippen LogP contribution in [0.4, 0.5) is 20.2 Å². The number of fused-ring (bicyclic) bond motifs is 1. The Kier molecular flexibility index (Phi) is 8.31. The molecular formula is C32H30Cl2F2N4O3. The number of piperazine rings is 1. The van der Waals surface area contributed by atoms with E-state index in [1.165, 1.54) is 10.6 Å². The number of nitrogens with zero attached hydrogens (tertiary/aromatic N) is 4. The Hall–Kier alpha value is -3.66. The molecule has 0 saturated carbocycles. The molecule has 0 atom stereocenters. The largest absolute Gasteiger partial charge is 0.477 e. The first-order valence-corrected chi connectivity index (χ1v) is 15.0. The van der Waals surface area contributed by atoms with E-state index < -0.39 is 28.6 Å². The van der Waals surface area contributed by atoms with Crippen molar-refractivity contribution in [2.24, 2.45) is 0 Å². The predicted molar refractivity (Wildman–Crippen MR) is 168 cm³/mol. The molecule has 43 heavy (non-hydrogen) atoms. The van der Waals surface area contributed by atoms with E-state index in [0.717, 1.165) is 49.5 Å². The van der Waals surface area contributed by atoms with Crippen molar-refractivity contribution in [3.8, 4) is 0 Å². The van der Waals surface area contributed by atoms with Crippen molar-refractivity contribution in [1.29, 1.82) is 0 Å². The summed E-state index contributed by atoms with van der Waals surface area (Å²) in [4.78, 5) is 31.5. The second-order valence-corrected chi connectivity index (χ2v) is 11.9.